The number of sulfone groups is 1. The lowest BCUT2D eigenvalue weighted by molar-refractivity contribution is 0.585. The standard InChI is InChI=1S/C32H29F2N3O5S2/c1-19-4-9-23(10-5-19)44(41,42)37-13-12-24-27(17-36(2)32(38)31(24)37)26-15-20(18-43(3,39)40)14-25(21-6-7-21)30(26)35-29-11-8-22(33)16-28(29)34/h4-5,8-17,21,35H,6-7,18H2,1-3H3. The quantitative estimate of drug-likeness (QED) is 0.224. The summed E-state index contributed by atoms with van der Waals surface area (Å²) >= 11 is 0. The van der Waals surface area contributed by atoms with Crippen molar-refractivity contribution in [1.29, 1.82) is 0 Å². The molecule has 12 heteroatoms. The molecule has 1 fully saturated rings. The zero-order valence-corrected chi connectivity index (χ0v) is 25.8. The minimum atomic E-state index is -4.17. The molecule has 2 aromatic heterocycles. The second-order valence-electron chi connectivity index (χ2n) is 11.4. The van der Waals surface area contributed by atoms with Crippen molar-refractivity contribution < 1.29 is 25.6 Å². The Hall–Kier alpha value is -4.29. The van der Waals surface area contributed by atoms with Gasteiger partial charge in [0.1, 0.15) is 17.2 Å². The van der Waals surface area contributed by atoms with E-state index >= 15 is 0 Å². The summed E-state index contributed by atoms with van der Waals surface area (Å²) < 4.78 is 83.1. The Bertz CT molecular complexity index is 2240. The lowest BCUT2D eigenvalue weighted by atomic mass is 9.94. The number of aryl methyl sites for hydroxylation is 2. The minimum Gasteiger partial charge on any atom is -0.352 e. The summed E-state index contributed by atoms with van der Waals surface area (Å²) in [7, 11) is -6.12. The van der Waals surface area contributed by atoms with Crippen LogP contribution < -0.4 is 10.9 Å². The molecule has 8 nitrogen and oxygen atoms in total. The average Bonchev–Trinajstić information content (AvgIpc) is 3.69. The van der Waals surface area contributed by atoms with Gasteiger partial charge in [-0.05, 0) is 73.2 Å². The number of rotatable bonds is 8. The zero-order valence-electron chi connectivity index (χ0n) is 24.1. The first-order valence-corrected chi connectivity index (χ1v) is 17.3. The van der Waals surface area contributed by atoms with Gasteiger partial charge < -0.3 is 9.88 Å². The highest BCUT2D eigenvalue weighted by atomic mass is 32.2. The van der Waals surface area contributed by atoms with Gasteiger partial charge in [0.15, 0.2) is 9.84 Å². The van der Waals surface area contributed by atoms with E-state index in [1.807, 2.05) is 6.92 Å². The third kappa shape index (κ3) is 5.55. The molecular weight excluding hydrogens is 608 g/mol. The van der Waals surface area contributed by atoms with Crippen molar-refractivity contribution in [1.82, 2.24) is 8.54 Å². The van der Waals surface area contributed by atoms with Crippen molar-refractivity contribution in [2.75, 3.05) is 11.6 Å². The van der Waals surface area contributed by atoms with Crippen LogP contribution in [0.3, 0.4) is 0 Å². The van der Waals surface area contributed by atoms with E-state index in [-0.39, 0.29) is 27.8 Å². The summed E-state index contributed by atoms with van der Waals surface area (Å²) in [5.41, 5.74) is 2.81. The molecule has 0 amide bonds. The first-order valence-electron chi connectivity index (χ1n) is 13.8. The topological polar surface area (TPSA) is 107 Å². The highest BCUT2D eigenvalue weighted by molar-refractivity contribution is 7.90. The number of nitrogens with zero attached hydrogens (tertiary/aromatic N) is 2. The van der Waals surface area contributed by atoms with Crippen LogP contribution in [0, 0.1) is 18.6 Å². The fourth-order valence-electron chi connectivity index (χ4n) is 5.48. The van der Waals surface area contributed by atoms with Crippen LogP contribution >= 0.6 is 0 Å². The van der Waals surface area contributed by atoms with Crippen molar-refractivity contribution in [2.24, 2.45) is 7.05 Å². The maximum Gasteiger partial charge on any atom is 0.275 e. The molecule has 0 radical (unpaired) electrons. The maximum atomic E-state index is 14.9. The van der Waals surface area contributed by atoms with Gasteiger partial charge in [-0.1, -0.05) is 23.8 Å². The molecule has 228 valence electrons. The number of pyridine rings is 1. The molecule has 0 spiro atoms. The molecule has 0 atom stereocenters. The fourth-order valence-corrected chi connectivity index (χ4v) is 7.59. The number of nitrogens with one attached hydrogen (secondary N) is 1. The van der Waals surface area contributed by atoms with Crippen molar-refractivity contribution in [2.45, 2.75) is 36.3 Å². The van der Waals surface area contributed by atoms with Crippen LogP contribution in [0.2, 0.25) is 0 Å². The molecule has 0 bridgehead atoms. The zero-order chi connectivity index (χ0) is 31.6. The van der Waals surface area contributed by atoms with Gasteiger partial charge in [0.2, 0.25) is 0 Å². The van der Waals surface area contributed by atoms with E-state index in [1.165, 1.54) is 42.1 Å². The molecule has 2 heterocycles. The molecule has 1 saturated carbocycles. The average molecular weight is 638 g/mol. The number of benzene rings is 3. The molecule has 0 unspecified atom stereocenters. The fraction of sp³-hybridized carbons (Fsp3) is 0.219. The molecule has 0 saturated heterocycles. The summed E-state index contributed by atoms with van der Waals surface area (Å²) in [5.74, 6) is -1.76. The molecule has 1 aliphatic carbocycles. The van der Waals surface area contributed by atoms with Crippen LogP contribution in [0.15, 0.2) is 82.7 Å². The molecule has 44 heavy (non-hydrogen) atoms. The van der Waals surface area contributed by atoms with Crippen LogP contribution in [0.5, 0.6) is 0 Å². The van der Waals surface area contributed by atoms with Gasteiger partial charge in [-0.2, -0.15) is 0 Å². The Morgan fingerprint density at radius 3 is 2.27 bits per heavy atom. The Balaban J connectivity index is 1.64. The summed E-state index contributed by atoms with van der Waals surface area (Å²) in [6.07, 6.45) is 5.66. The second kappa shape index (κ2) is 10.7. The van der Waals surface area contributed by atoms with Gasteiger partial charge in [-0.15, -0.1) is 0 Å². The first kappa shape index (κ1) is 29.8. The molecule has 6 rings (SSSR count). The minimum absolute atomic E-state index is 0.00555. The third-order valence-electron chi connectivity index (χ3n) is 7.72. The summed E-state index contributed by atoms with van der Waals surface area (Å²) in [5, 5.41) is 3.42. The smallest absolute Gasteiger partial charge is 0.275 e. The highest BCUT2D eigenvalue weighted by Gasteiger charge is 2.31. The largest absolute Gasteiger partial charge is 0.352 e. The SMILES string of the molecule is Cc1ccc(S(=O)(=O)n2ccc3c(-c4cc(CS(C)(=O)=O)cc(C5CC5)c4Nc4ccc(F)cc4F)cn(C)c(=O)c32)cc1. The van der Waals surface area contributed by atoms with E-state index < -0.39 is 37.1 Å². The van der Waals surface area contributed by atoms with Crippen LogP contribution in [0.1, 0.15) is 35.4 Å². The number of hydrogen-bond donors (Lipinski definition) is 1. The van der Waals surface area contributed by atoms with E-state index in [4.69, 9.17) is 0 Å². The van der Waals surface area contributed by atoms with Gasteiger partial charge >= 0.3 is 0 Å². The predicted octanol–water partition coefficient (Wildman–Crippen LogP) is 6.00. The van der Waals surface area contributed by atoms with Crippen molar-refractivity contribution in [3.8, 4) is 11.1 Å². The highest BCUT2D eigenvalue weighted by Crippen LogP contribution is 2.49. The van der Waals surface area contributed by atoms with Crippen LogP contribution in [-0.2, 0) is 32.7 Å². The Labute approximate surface area is 253 Å². The van der Waals surface area contributed by atoms with Crippen LogP contribution in [-0.4, -0.2) is 31.6 Å². The van der Waals surface area contributed by atoms with Crippen molar-refractivity contribution in [3.63, 3.8) is 0 Å². The molecule has 3 aromatic carbocycles. The number of halogens is 2. The monoisotopic (exact) mass is 637 g/mol. The van der Waals surface area contributed by atoms with Gasteiger partial charge in [-0.3, -0.25) is 4.79 Å². The van der Waals surface area contributed by atoms with Crippen LogP contribution in [0.4, 0.5) is 20.2 Å². The van der Waals surface area contributed by atoms with E-state index in [9.17, 15) is 30.4 Å². The lowest BCUT2D eigenvalue weighted by Gasteiger charge is -2.20. The molecule has 5 aromatic rings. The Kier molecular flexibility index (Phi) is 7.24. The number of hydrogen-bond acceptors (Lipinski definition) is 6. The van der Waals surface area contributed by atoms with Gasteiger partial charge in [0.25, 0.3) is 15.6 Å². The second-order valence-corrected chi connectivity index (χ2v) is 15.3. The Morgan fingerprint density at radius 2 is 1.64 bits per heavy atom. The predicted molar refractivity (Wildman–Crippen MR) is 167 cm³/mol. The van der Waals surface area contributed by atoms with E-state index in [2.05, 4.69) is 5.32 Å². The third-order valence-corrected chi connectivity index (χ3v) is 10.3. The molecular formula is C32H29F2N3O5S2. The van der Waals surface area contributed by atoms with E-state index in [0.29, 0.717) is 27.8 Å². The molecule has 1 N–H and O–H groups in total. The summed E-state index contributed by atoms with van der Waals surface area (Å²) in [6.45, 7) is 1.83. The lowest BCUT2D eigenvalue weighted by Crippen LogP contribution is -2.22. The summed E-state index contributed by atoms with van der Waals surface area (Å²) in [4.78, 5) is 13.5. The maximum absolute atomic E-state index is 14.9. The van der Waals surface area contributed by atoms with E-state index in [0.717, 1.165) is 46.3 Å². The number of anilines is 2. The number of fused-ring (bicyclic) bond motifs is 1. The van der Waals surface area contributed by atoms with Gasteiger partial charge in [0.05, 0.1) is 22.0 Å². The Morgan fingerprint density at radius 1 is 0.932 bits per heavy atom. The summed E-state index contributed by atoms with van der Waals surface area (Å²) in [6, 6.07) is 14.4. The molecule has 0 aliphatic heterocycles. The van der Waals surface area contributed by atoms with Crippen LogP contribution in [0.25, 0.3) is 22.0 Å². The normalized spacial score (nSPS) is 13.8. The molecule has 1 aliphatic rings. The van der Waals surface area contributed by atoms with Crippen molar-refractivity contribution >= 4 is 42.1 Å². The first-order chi connectivity index (χ1) is 20.7. The van der Waals surface area contributed by atoms with Gasteiger partial charge in [-0.25, -0.2) is 29.6 Å². The van der Waals surface area contributed by atoms with Gasteiger partial charge in [0, 0.05) is 48.3 Å². The van der Waals surface area contributed by atoms with E-state index in [1.54, 1.807) is 30.5 Å². The number of aromatic nitrogens is 2. The van der Waals surface area contributed by atoms with Crippen molar-refractivity contribution in [3.05, 3.63) is 112 Å².